The van der Waals surface area contributed by atoms with Crippen LogP contribution >= 0.6 is 0 Å². The van der Waals surface area contributed by atoms with Crippen molar-refractivity contribution in [2.24, 2.45) is 0 Å². The first-order valence-corrected chi connectivity index (χ1v) is 10.5. The van der Waals surface area contributed by atoms with Crippen molar-refractivity contribution in [3.05, 3.63) is 59.5 Å². The molecular weight excluding hydrogens is 350 g/mol. The van der Waals surface area contributed by atoms with Crippen molar-refractivity contribution in [2.75, 3.05) is 33.2 Å². The fraction of sp³-hybridized carbons (Fsp3) is 0.522. The number of furan rings is 1. The number of likely N-dealkylation sites (tertiary alicyclic amines) is 2. The maximum atomic E-state index is 12.8. The first-order chi connectivity index (χ1) is 13.7. The van der Waals surface area contributed by atoms with Crippen LogP contribution in [0.1, 0.15) is 47.6 Å². The van der Waals surface area contributed by atoms with Gasteiger partial charge < -0.3 is 9.32 Å². The van der Waals surface area contributed by atoms with Gasteiger partial charge in [0, 0.05) is 25.7 Å². The summed E-state index contributed by atoms with van der Waals surface area (Å²) in [7, 11) is 2.19. The van der Waals surface area contributed by atoms with Gasteiger partial charge in [0.1, 0.15) is 5.76 Å². The third kappa shape index (κ3) is 4.65. The van der Waals surface area contributed by atoms with E-state index in [2.05, 4.69) is 47.2 Å². The van der Waals surface area contributed by atoms with E-state index in [9.17, 15) is 4.79 Å². The summed E-state index contributed by atoms with van der Waals surface area (Å²) < 4.78 is 5.87. The van der Waals surface area contributed by atoms with Gasteiger partial charge in [0.2, 0.25) is 0 Å². The molecule has 1 amide bonds. The van der Waals surface area contributed by atoms with Crippen molar-refractivity contribution in [3.63, 3.8) is 0 Å². The van der Waals surface area contributed by atoms with Crippen LogP contribution in [0.3, 0.4) is 0 Å². The number of amides is 1. The van der Waals surface area contributed by atoms with Gasteiger partial charge in [-0.2, -0.15) is 0 Å². The van der Waals surface area contributed by atoms with Gasteiger partial charge in [0.15, 0.2) is 5.76 Å². The molecule has 0 radical (unpaired) electrons. The summed E-state index contributed by atoms with van der Waals surface area (Å²) >= 11 is 0. The Hall–Kier alpha value is -2.11. The highest BCUT2D eigenvalue weighted by Gasteiger charge is 2.27. The van der Waals surface area contributed by atoms with Crippen LogP contribution in [0.2, 0.25) is 0 Å². The number of piperidine rings is 1. The molecule has 1 aromatic heterocycles. The molecule has 5 nitrogen and oxygen atoms in total. The standard InChI is InChI=1S/C23H31N3O2/c1-24(17-19-7-3-2-4-8-19)20-11-15-26(16-12-20)23(27)22-10-9-21(28-22)18-25-13-5-6-14-25/h2-4,7-10,20H,5-6,11-18H2,1H3. The summed E-state index contributed by atoms with van der Waals surface area (Å²) in [6, 6.07) is 14.9. The van der Waals surface area contributed by atoms with Crippen LogP contribution in [0.15, 0.2) is 46.9 Å². The Bertz CT molecular complexity index is 759. The van der Waals surface area contributed by atoms with E-state index in [-0.39, 0.29) is 5.91 Å². The Morgan fingerprint density at radius 3 is 2.46 bits per heavy atom. The number of hydrogen-bond acceptors (Lipinski definition) is 4. The molecule has 2 aromatic rings. The van der Waals surface area contributed by atoms with E-state index in [0.29, 0.717) is 11.8 Å². The molecule has 5 heteroatoms. The molecule has 4 rings (SSSR count). The number of carbonyl (C=O) groups is 1. The maximum Gasteiger partial charge on any atom is 0.289 e. The lowest BCUT2D eigenvalue weighted by atomic mass is 10.0. The molecule has 0 aliphatic carbocycles. The summed E-state index contributed by atoms with van der Waals surface area (Å²) in [6.45, 7) is 5.63. The average molecular weight is 382 g/mol. The third-order valence-electron chi connectivity index (χ3n) is 6.10. The second kappa shape index (κ2) is 8.93. The van der Waals surface area contributed by atoms with Crippen molar-refractivity contribution in [2.45, 2.75) is 44.8 Å². The molecule has 2 fully saturated rings. The number of benzene rings is 1. The van der Waals surface area contributed by atoms with Crippen LogP contribution in [0, 0.1) is 0 Å². The lowest BCUT2D eigenvalue weighted by Crippen LogP contribution is -2.45. The second-order valence-electron chi connectivity index (χ2n) is 8.17. The SMILES string of the molecule is CN(Cc1ccccc1)C1CCN(C(=O)c2ccc(CN3CCCC3)o2)CC1. The summed E-state index contributed by atoms with van der Waals surface area (Å²) in [4.78, 5) is 19.6. The molecule has 150 valence electrons. The Morgan fingerprint density at radius 2 is 1.75 bits per heavy atom. The highest BCUT2D eigenvalue weighted by atomic mass is 16.4. The van der Waals surface area contributed by atoms with E-state index >= 15 is 0 Å². The molecule has 1 aromatic carbocycles. The van der Waals surface area contributed by atoms with Gasteiger partial charge in [0.25, 0.3) is 5.91 Å². The van der Waals surface area contributed by atoms with Crippen molar-refractivity contribution in [3.8, 4) is 0 Å². The lowest BCUT2D eigenvalue weighted by molar-refractivity contribution is 0.0606. The maximum absolute atomic E-state index is 12.8. The van der Waals surface area contributed by atoms with Crippen molar-refractivity contribution in [1.29, 1.82) is 0 Å². The summed E-state index contributed by atoms with van der Waals surface area (Å²) in [5.41, 5.74) is 1.34. The summed E-state index contributed by atoms with van der Waals surface area (Å²) in [6.07, 6.45) is 4.55. The quantitative estimate of drug-likeness (QED) is 0.766. The normalized spacial score (nSPS) is 18.9. The van der Waals surface area contributed by atoms with Crippen LogP contribution < -0.4 is 0 Å². The minimum atomic E-state index is 0.0387. The molecule has 0 N–H and O–H groups in total. The minimum absolute atomic E-state index is 0.0387. The highest BCUT2D eigenvalue weighted by Crippen LogP contribution is 2.21. The molecule has 2 aliphatic heterocycles. The van der Waals surface area contributed by atoms with E-state index in [1.807, 2.05) is 17.0 Å². The summed E-state index contributed by atoms with van der Waals surface area (Å²) in [5.74, 6) is 1.44. The monoisotopic (exact) mass is 381 g/mol. The van der Waals surface area contributed by atoms with Gasteiger partial charge in [0.05, 0.1) is 6.54 Å². The zero-order valence-electron chi connectivity index (χ0n) is 16.8. The molecule has 0 atom stereocenters. The summed E-state index contributed by atoms with van der Waals surface area (Å²) in [5, 5.41) is 0. The van der Waals surface area contributed by atoms with Gasteiger partial charge in [-0.05, 0) is 63.5 Å². The highest BCUT2D eigenvalue weighted by molar-refractivity contribution is 5.91. The van der Waals surface area contributed by atoms with Gasteiger partial charge >= 0.3 is 0 Å². The molecule has 0 bridgehead atoms. The Kier molecular flexibility index (Phi) is 6.13. The Morgan fingerprint density at radius 1 is 1.04 bits per heavy atom. The number of carbonyl (C=O) groups excluding carboxylic acids is 1. The van der Waals surface area contributed by atoms with Crippen molar-refractivity contribution < 1.29 is 9.21 Å². The topological polar surface area (TPSA) is 39.9 Å². The first kappa shape index (κ1) is 19.2. The van der Waals surface area contributed by atoms with Gasteiger partial charge in [-0.25, -0.2) is 0 Å². The van der Waals surface area contributed by atoms with E-state index in [1.54, 1.807) is 0 Å². The molecular formula is C23H31N3O2. The predicted molar refractivity (Wildman–Crippen MR) is 110 cm³/mol. The molecule has 2 aliphatic rings. The molecule has 0 unspecified atom stereocenters. The zero-order chi connectivity index (χ0) is 19.3. The second-order valence-corrected chi connectivity index (χ2v) is 8.17. The van der Waals surface area contributed by atoms with Crippen LogP contribution in [-0.2, 0) is 13.1 Å². The fourth-order valence-corrected chi connectivity index (χ4v) is 4.41. The van der Waals surface area contributed by atoms with Crippen LogP contribution in [-0.4, -0.2) is 59.9 Å². The largest absolute Gasteiger partial charge is 0.455 e. The molecule has 0 spiro atoms. The van der Waals surface area contributed by atoms with Gasteiger partial charge in [-0.15, -0.1) is 0 Å². The van der Waals surface area contributed by atoms with Crippen LogP contribution in [0.5, 0.6) is 0 Å². The minimum Gasteiger partial charge on any atom is -0.455 e. The van der Waals surface area contributed by atoms with Gasteiger partial charge in [-0.1, -0.05) is 30.3 Å². The smallest absolute Gasteiger partial charge is 0.289 e. The lowest BCUT2D eigenvalue weighted by Gasteiger charge is -2.36. The van der Waals surface area contributed by atoms with E-state index < -0.39 is 0 Å². The van der Waals surface area contributed by atoms with Crippen molar-refractivity contribution >= 4 is 5.91 Å². The Balaban J connectivity index is 1.27. The number of rotatable bonds is 6. The molecule has 0 saturated carbocycles. The average Bonchev–Trinajstić information content (AvgIpc) is 3.41. The van der Waals surface area contributed by atoms with Crippen LogP contribution in [0.4, 0.5) is 0 Å². The number of hydrogen-bond donors (Lipinski definition) is 0. The van der Waals surface area contributed by atoms with E-state index in [1.165, 1.54) is 18.4 Å². The first-order valence-electron chi connectivity index (χ1n) is 10.5. The molecule has 28 heavy (non-hydrogen) atoms. The molecule has 3 heterocycles. The molecule has 2 saturated heterocycles. The van der Waals surface area contributed by atoms with E-state index in [4.69, 9.17) is 4.42 Å². The fourth-order valence-electron chi connectivity index (χ4n) is 4.41. The Labute approximate surface area is 167 Å². The zero-order valence-corrected chi connectivity index (χ0v) is 16.8. The van der Waals surface area contributed by atoms with E-state index in [0.717, 1.165) is 57.9 Å². The predicted octanol–water partition coefficient (Wildman–Crippen LogP) is 3.61. The van der Waals surface area contributed by atoms with Gasteiger partial charge in [-0.3, -0.25) is 14.6 Å². The van der Waals surface area contributed by atoms with Crippen molar-refractivity contribution in [1.82, 2.24) is 14.7 Å². The third-order valence-corrected chi connectivity index (χ3v) is 6.10. The number of nitrogens with zero attached hydrogens (tertiary/aromatic N) is 3. The van der Waals surface area contributed by atoms with Crippen LogP contribution in [0.25, 0.3) is 0 Å².